The van der Waals surface area contributed by atoms with Crippen molar-refractivity contribution in [2.24, 2.45) is 0 Å². The second-order valence-electron chi connectivity index (χ2n) is 5.64. The van der Waals surface area contributed by atoms with Gasteiger partial charge in [-0.3, -0.25) is 9.59 Å². The Morgan fingerprint density at radius 2 is 1.77 bits per heavy atom. The fraction of sp³-hybridized carbons (Fsp3) is 0.0526. The summed E-state index contributed by atoms with van der Waals surface area (Å²) >= 11 is 1.01. The predicted octanol–water partition coefficient (Wildman–Crippen LogP) is 4.08. The molecule has 2 heterocycles. The van der Waals surface area contributed by atoms with E-state index in [0.29, 0.717) is 32.8 Å². The van der Waals surface area contributed by atoms with Crippen molar-refractivity contribution in [2.75, 3.05) is 5.32 Å². The van der Waals surface area contributed by atoms with Gasteiger partial charge in [0.05, 0.1) is 11.4 Å². The SMILES string of the molecule is Cc1nnsc1C(=O)Nc1c(C(=O)c2ccccc2)oc2ccccc12. The average molecular weight is 363 g/mol. The van der Waals surface area contributed by atoms with Gasteiger partial charge in [0.25, 0.3) is 5.91 Å². The number of anilines is 1. The lowest BCUT2D eigenvalue weighted by Crippen LogP contribution is -2.14. The van der Waals surface area contributed by atoms with Gasteiger partial charge >= 0.3 is 0 Å². The van der Waals surface area contributed by atoms with Crippen molar-refractivity contribution in [3.8, 4) is 0 Å². The van der Waals surface area contributed by atoms with Crippen LogP contribution in [0.2, 0.25) is 0 Å². The number of amides is 1. The molecule has 7 heteroatoms. The molecule has 1 N–H and O–H groups in total. The number of aromatic nitrogens is 2. The molecule has 26 heavy (non-hydrogen) atoms. The zero-order valence-corrected chi connectivity index (χ0v) is 14.5. The van der Waals surface area contributed by atoms with Gasteiger partial charge in [-0.1, -0.05) is 47.0 Å². The fourth-order valence-electron chi connectivity index (χ4n) is 2.66. The highest BCUT2D eigenvalue weighted by molar-refractivity contribution is 7.08. The average Bonchev–Trinajstić information content (AvgIpc) is 3.26. The Bertz CT molecular complexity index is 1120. The molecule has 1 amide bonds. The number of fused-ring (bicyclic) bond motifs is 1. The number of aryl methyl sites for hydroxylation is 1. The monoisotopic (exact) mass is 363 g/mol. The van der Waals surface area contributed by atoms with E-state index >= 15 is 0 Å². The van der Waals surface area contributed by atoms with Gasteiger partial charge in [0.1, 0.15) is 10.5 Å². The molecule has 0 aliphatic rings. The van der Waals surface area contributed by atoms with E-state index in [-0.39, 0.29) is 17.5 Å². The minimum Gasteiger partial charge on any atom is -0.450 e. The van der Waals surface area contributed by atoms with Crippen LogP contribution in [-0.4, -0.2) is 21.3 Å². The molecule has 4 rings (SSSR count). The van der Waals surface area contributed by atoms with Crippen molar-refractivity contribution in [1.29, 1.82) is 0 Å². The number of benzene rings is 2. The number of carbonyl (C=O) groups excluding carboxylic acids is 2. The van der Waals surface area contributed by atoms with Crippen molar-refractivity contribution < 1.29 is 14.0 Å². The maximum absolute atomic E-state index is 12.9. The molecule has 6 nitrogen and oxygen atoms in total. The molecular formula is C19H13N3O3S. The summed E-state index contributed by atoms with van der Waals surface area (Å²) < 4.78 is 9.55. The number of nitrogens with zero attached hydrogens (tertiary/aromatic N) is 2. The van der Waals surface area contributed by atoms with Crippen LogP contribution in [-0.2, 0) is 0 Å². The van der Waals surface area contributed by atoms with Crippen molar-refractivity contribution in [3.05, 3.63) is 76.5 Å². The van der Waals surface area contributed by atoms with E-state index in [4.69, 9.17) is 4.42 Å². The van der Waals surface area contributed by atoms with E-state index in [1.807, 2.05) is 18.2 Å². The van der Waals surface area contributed by atoms with Crippen LogP contribution >= 0.6 is 11.5 Å². The van der Waals surface area contributed by atoms with Gasteiger partial charge in [-0.2, -0.15) is 0 Å². The Labute approximate surface area is 152 Å². The molecule has 128 valence electrons. The van der Waals surface area contributed by atoms with Crippen molar-refractivity contribution >= 4 is 39.9 Å². The number of hydrogen-bond acceptors (Lipinski definition) is 6. The van der Waals surface area contributed by atoms with Gasteiger partial charge in [-0.05, 0) is 30.6 Å². The number of nitrogens with one attached hydrogen (secondary N) is 1. The van der Waals surface area contributed by atoms with E-state index in [1.165, 1.54) is 0 Å². The smallest absolute Gasteiger partial charge is 0.269 e. The molecule has 0 saturated heterocycles. The molecular weight excluding hydrogens is 350 g/mol. The third-order valence-electron chi connectivity index (χ3n) is 3.93. The normalized spacial score (nSPS) is 10.8. The molecule has 0 spiro atoms. The Kier molecular flexibility index (Phi) is 4.06. The lowest BCUT2D eigenvalue weighted by molar-refractivity contribution is 0.101. The van der Waals surface area contributed by atoms with Crippen LogP contribution < -0.4 is 5.32 Å². The lowest BCUT2D eigenvalue weighted by atomic mass is 10.1. The molecule has 0 atom stereocenters. The number of furan rings is 1. The van der Waals surface area contributed by atoms with Crippen LogP contribution in [0, 0.1) is 6.92 Å². The van der Waals surface area contributed by atoms with E-state index in [0.717, 1.165) is 11.5 Å². The molecule has 0 radical (unpaired) electrons. The standard InChI is InChI=1S/C19H13N3O3S/c1-11-18(26-22-21-11)19(24)20-15-13-9-5-6-10-14(13)25-17(15)16(23)12-7-3-2-4-8-12/h2-10H,1H3,(H,20,24). The van der Waals surface area contributed by atoms with E-state index < -0.39 is 0 Å². The summed E-state index contributed by atoms with van der Waals surface area (Å²) in [6, 6.07) is 16.0. The maximum Gasteiger partial charge on any atom is 0.269 e. The fourth-order valence-corrected chi connectivity index (χ4v) is 3.21. The van der Waals surface area contributed by atoms with Crippen LogP contribution in [0.3, 0.4) is 0 Å². The summed E-state index contributed by atoms with van der Waals surface area (Å²) in [7, 11) is 0. The van der Waals surface area contributed by atoms with E-state index in [9.17, 15) is 9.59 Å². The van der Waals surface area contributed by atoms with Gasteiger partial charge in [-0.25, -0.2) is 0 Å². The molecule has 0 aliphatic heterocycles. The zero-order chi connectivity index (χ0) is 18.1. The number of hydrogen-bond donors (Lipinski definition) is 1. The van der Waals surface area contributed by atoms with Crippen LogP contribution in [0.1, 0.15) is 31.5 Å². The molecule has 2 aromatic carbocycles. The summed E-state index contributed by atoms with van der Waals surface area (Å²) in [5, 5.41) is 7.32. The predicted molar refractivity (Wildman–Crippen MR) is 98.7 cm³/mol. The minimum atomic E-state index is -0.369. The molecule has 4 aromatic rings. The molecule has 2 aromatic heterocycles. The van der Waals surface area contributed by atoms with Crippen molar-refractivity contribution in [3.63, 3.8) is 0 Å². The summed E-state index contributed by atoms with van der Waals surface area (Å²) in [6.45, 7) is 1.71. The molecule has 0 bridgehead atoms. The molecule has 0 fully saturated rings. The quantitative estimate of drug-likeness (QED) is 0.552. The lowest BCUT2D eigenvalue weighted by Gasteiger charge is -2.05. The maximum atomic E-state index is 12.9. The Morgan fingerprint density at radius 1 is 1.04 bits per heavy atom. The number of ketones is 1. The Balaban J connectivity index is 1.81. The Morgan fingerprint density at radius 3 is 2.50 bits per heavy atom. The second-order valence-corrected chi connectivity index (χ2v) is 6.39. The highest BCUT2D eigenvalue weighted by Crippen LogP contribution is 2.33. The topological polar surface area (TPSA) is 85.1 Å². The molecule has 0 saturated carbocycles. The van der Waals surface area contributed by atoms with Gasteiger partial charge in [0.15, 0.2) is 5.76 Å². The van der Waals surface area contributed by atoms with E-state index in [2.05, 4.69) is 14.9 Å². The third-order valence-corrected chi connectivity index (χ3v) is 4.76. The highest BCUT2D eigenvalue weighted by Gasteiger charge is 2.24. The number of rotatable bonds is 4. The minimum absolute atomic E-state index is 0.0980. The van der Waals surface area contributed by atoms with Gasteiger partial charge in [0, 0.05) is 10.9 Å². The first kappa shape index (κ1) is 16.2. The number of carbonyl (C=O) groups is 2. The van der Waals surface area contributed by atoms with E-state index in [1.54, 1.807) is 43.3 Å². The van der Waals surface area contributed by atoms with Crippen LogP contribution in [0.5, 0.6) is 0 Å². The molecule has 0 aliphatic carbocycles. The first-order chi connectivity index (χ1) is 12.6. The summed E-state index contributed by atoms with van der Waals surface area (Å²) in [4.78, 5) is 25.9. The largest absolute Gasteiger partial charge is 0.450 e. The van der Waals surface area contributed by atoms with Crippen LogP contribution in [0.4, 0.5) is 5.69 Å². The number of para-hydroxylation sites is 1. The summed E-state index contributed by atoms with van der Waals surface area (Å²) in [5.41, 5.74) is 1.91. The zero-order valence-electron chi connectivity index (χ0n) is 13.7. The second kappa shape index (κ2) is 6.53. The third kappa shape index (κ3) is 2.78. The van der Waals surface area contributed by atoms with Crippen LogP contribution in [0.15, 0.2) is 59.0 Å². The molecule has 0 unspecified atom stereocenters. The first-order valence-electron chi connectivity index (χ1n) is 7.86. The summed E-state index contributed by atoms with van der Waals surface area (Å²) in [6.07, 6.45) is 0. The Hall–Kier alpha value is -3.32. The van der Waals surface area contributed by atoms with Gasteiger partial charge < -0.3 is 9.73 Å². The van der Waals surface area contributed by atoms with Crippen LogP contribution in [0.25, 0.3) is 11.0 Å². The highest BCUT2D eigenvalue weighted by atomic mass is 32.1. The summed E-state index contributed by atoms with van der Waals surface area (Å²) in [5.74, 6) is -0.566. The van der Waals surface area contributed by atoms with Crippen molar-refractivity contribution in [2.45, 2.75) is 6.92 Å². The van der Waals surface area contributed by atoms with Gasteiger partial charge in [-0.15, -0.1) is 5.10 Å². The first-order valence-corrected chi connectivity index (χ1v) is 8.64. The van der Waals surface area contributed by atoms with Gasteiger partial charge in [0.2, 0.25) is 5.78 Å². The van der Waals surface area contributed by atoms with Crippen molar-refractivity contribution in [1.82, 2.24) is 9.59 Å².